The number of aliphatic carboxylic acids is 1. The summed E-state index contributed by atoms with van der Waals surface area (Å²) in [6.07, 6.45) is 3.93. The minimum atomic E-state index is -1.12. The summed E-state index contributed by atoms with van der Waals surface area (Å²) >= 11 is 0. The number of carboxylic acids is 1. The van der Waals surface area contributed by atoms with Gasteiger partial charge in [-0.2, -0.15) is 0 Å². The molecular weight excluding hydrogens is 150 g/mol. The van der Waals surface area contributed by atoms with Crippen molar-refractivity contribution in [1.29, 1.82) is 0 Å². The van der Waals surface area contributed by atoms with Gasteiger partial charge in [0.2, 0.25) is 0 Å². The van der Waals surface area contributed by atoms with Crippen LogP contribution in [0.5, 0.6) is 0 Å². The van der Waals surface area contributed by atoms with Gasteiger partial charge in [0.15, 0.2) is 0 Å². The van der Waals surface area contributed by atoms with Crippen molar-refractivity contribution in [2.45, 2.75) is 0 Å². The molecule has 0 aromatic carbocycles. The van der Waals surface area contributed by atoms with Crippen molar-refractivity contribution in [3.05, 3.63) is 29.2 Å². The molecule has 0 aromatic heterocycles. The number of hydrogen-bond acceptors (Lipinski definition) is 3. The van der Waals surface area contributed by atoms with Crippen molar-refractivity contribution in [3.8, 4) is 0 Å². The van der Waals surface area contributed by atoms with Gasteiger partial charge in [-0.05, 0) is 0 Å². The Hall–Kier alpha value is -1.78. The second-order valence-corrected chi connectivity index (χ2v) is 1.49. The molecule has 1 amide bonds. The molecule has 1 N–H and O–H groups in total. The molecule has 0 spiro atoms. The van der Waals surface area contributed by atoms with E-state index in [4.69, 9.17) is 5.11 Å². The summed E-state index contributed by atoms with van der Waals surface area (Å²) in [7, 11) is 0. The first-order chi connectivity index (χ1) is 5.16. The van der Waals surface area contributed by atoms with Crippen LogP contribution in [0.1, 0.15) is 0 Å². The van der Waals surface area contributed by atoms with E-state index in [1.165, 1.54) is 0 Å². The first kappa shape index (κ1) is 9.22. The Balaban J connectivity index is 3.86. The molecule has 0 aliphatic rings. The van der Waals surface area contributed by atoms with Crippen LogP contribution in [0.3, 0.4) is 0 Å². The molecule has 0 aliphatic heterocycles. The highest BCUT2D eigenvalue weighted by Crippen LogP contribution is 1.80. The van der Waals surface area contributed by atoms with Gasteiger partial charge in [-0.3, -0.25) is 4.79 Å². The lowest BCUT2D eigenvalue weighted by Crippen LogP contribution is -1.85. The highest BCUT2D eigenvalue weighted by Gasteiger charge is 1.88. The van der Waals surface area contributed by atoms with Gasteiger partial charge in [-0.25, -0.2) is 4.79 Å². The van der Waals surface area contributed by atoms with Gasteiger partial charge in [-0.1, -0.05) is 12.2 Å². The van der Waals surface area contributed by atoms with Crippen LogP contribution in [-0.2, 0) is 9.59 Å². The minimum absolute atomic E-state index is 0.828. The molecule has 0 heterocycles. The molecule has 0 unspecified atom stereocenters. The second-order valence-electron chi connectivity index (χ2n) is 1.49. The Bertz CT molecular complexity index is 229. The minimum Gasteiger partial charge on any atom is -0.478 e. The molecule has 0 atom stereocenters. The van der Waals surface area contributed by atoms with Gasteiger partial charge in [0.05, 0.1) is 0 Å². The fourth-order valence-electron chi connectivity index (χ4n) is 0.306. The Morgan fingerprint density at radius 2 is 1.73 bits per heavy atom. The maximum Gasteiger partial charge on any atom is 0.328 e. The lowest BCUT2D eigenvalue weighted by Gasteiger charge is -1.74. The molecule has 0 aliphatic carbocycles. The molecular formula is C6H5NO4. The van der Waals surface area contributed by atoms with Gasteiger partial charge in [0.25, 0.3) is 0 Å². The van der Waals surface area contributed by atoms with Crippen LogP contribution in [0.25, 0.3) is 0 Å². The highest BCUT2D eigenvalue weighted by molar-refractivity contribution is 5.88. The summed E-state index contributed by atoms with van der Waals surface area (Å²) in [6, 6.07) is 0. The molecule has 0 aromatic rings. The number of allylic oxidation sites excluding steroid dienone is 2. The summed E-state index contributed by atoms with van der Waals surface area (Å²) in [6.45, 7) is 0. The van der Waals surface area contributed by atoms with E-state index >= 15 is 0 Å². The summed E-state index contributed by atoms with van der Waals surface area (Å²) in [5.41, 5.74) is 0. The normalized spacial score (nSPS) is 10.5. The predicted molar refractivity (Wildman–Crippen MR) is 36.7 cm³/mol. The van der Waals surface area contributed by atoms with Gasteiger partial charge >= 0.3 is 11.9 Å². The quantitative estimate of drug-likeness (QED) is 0.365. The van der Waals surface area contributed by atoms with Crippen molar-refractivity contribution in [2.75, 3.05) is 0 Å². The molecule has 0 saturated heterocycles. The molecule has 0 saturated carbocycles. The van der Waals surface area contributed by atoms with Crippen molar-refractivity contribution in [3.63, 3.8) is 0 Å². The van der Waals surface area contributed by atoms with E-state index < -0.39 is 11.9 Å². The van der Waals surface area contributed by atoms with E-state index in [0.717, 1.165) is 24.3 Å². The third-order valence-electron chi connectivity index (χ3n) is 0.679. The summed E-state index contributed by atoms with van der Waals surface area (Å²) in [5.74, 6) is -2.07. The Morgan fingerprint density at radius 1 is 1.18 bits per heavy atom. The molecule has 5 heteroatoms. The standard InChI is InChI=1S/C6H5NO4/c8-5(7-11)3-1-2-4-6(9)10/h1-4H,(H,9,10)/b3-1+,4-2-. The zero-order valence-corrected chi connectivity index (χ0v) is 5.43. The van der Waals surface area contributed by atoms with Crippen molar-refractivity contribution in [1.82, 2.24) is 0 Å². The highest BCUT2D eigenvalue weighted by atomic mass is 16.4. The molecule has 58 valence electrons. The third kappa shape index (κ3) is 6.10. The number of carbonyl (C=O) groups excluding carboxylic acids is 1. The zero-order valence-electron chi connectivity index (χ0n) is 5.43. The Kier molecular flexibility index (Phi) is 4.22. The number of hydrogen-bond donors (Lipinski definition) is 1. The van der Waals surface area contributed by atoms with Crippen LogP contribution in [0.4, 0.5) is 0 Å². The lowest BCUT2D eigenvalue weighted by atomic mass is 10.4. The monoisotopic (exact) mass is 155 g/mol. The fraction of sp³-hybridized carbons (Fsp3) is 0. The van der Waals surface area contributed by atoms with Crippen LogP contribution in [0, 0.1) is 4.91 Å². The number of nitrogens with zero attached hydrogens (tertiary/aromatic N) is 1. The van der Waals surface area contributed by atoms with Crippen LogP contribution in [0.2, 0.25) is 0 Å². The summed E-state index contributed by atoms with van der Waals surface area (Å²) in [5, 5.41) is 10.1. The maximum absolute atomic E-state index is 10.1. The maximum atomic E-state index is 10.1. The third-order valence-corrected chi connectivity index (χ3v) is 0.679. The molecule has 5 nitrogen and oxygen atoms in total. The van der Waals surface area contributed by atoms with E-state index in [0.29, 0.717) is 0 Å². The number of amides is 1. The van der Waals surface area contributed by atoms with E-state index in [1.54, 1.807) is 0 Å². The Morgan fingerprint density at radius 3 is 2.18 bits per heavy atom. The van der Waals surface area contributed by atoms with Gasteiger partial charge in [-0.15, -0.1) is 4.91 Å². The average Bonchev–Trinajstić information content (AvgIpc) is 1.97. The van der Waals surface area contributed by atoms with Gasteiger partial charge in [0, 0.05) is 17.3 Å². The Labute approximate surface area is 62.0 Å². The number of carboxylic acid groups (broad SMARTS) is 1. The SMILES string of the molecule is O=NC(=O)/C=C/C=C\C(=O)O. The summed E-state index contributed by atoms with van der Waals surface area (Å²) in [4.78, 5) is 29.4. The van der Waals surface area contributed by atoms with E-state index in [9.17, 15) is 14.5 Å². The van der Waals surface area contributed by atoms with E-state index in [2.05, 4.69) is 0 Å². The molecule has 0 rings (SSSR count). The first-order valence-corrected chi connectivity index (χ1v) is 2.62. The van der Waals surface area contributed by atoms with E-state index in [-0.39, 0.29) is 0 Å². The molecule has 0 radical (unpaired) electrons. The molecule has 0 fully saturated rings. The lowest BCUT2D eigenvalue weighted by molar-refractivity contribution is -0.131. The van der Waals surface area contributed by atoms with Gasteiger partial charge in [0.1, 0.15) is 0 Å². The second kappa shape index (κ2) is 5.04. The van der Waals surface area contributed by atoms with Crippen LogP contribution >= 0.6 is 0 Å². The molecule has 11 heavy (non-hydrogen) atoms. The largest absolute Gasteiger partial charge is 0.478 e. The summed E-state index contributed by atoms with van der Waals surface area (Å²) < 4.78 is 0. The van der Waals surface area contributed by atoms with Crippen molar-refractivity contribution >= 4 is 11.9 Å². The van der Waals surface area contributed by atoms with Crippen LogP contribution in [-0.4, -0.2) is 17.0 Å². The number of nitroso groups, excluding NO2 is 1. The predicted octanol–water partition coefficient (Wildman–Crippen LogP) is 0.476. The van der Waals surface area contributed by atoms with Gasteiger partial charge < -0.3 is 5.11 Å². The topological polar surface area (TPSA) is 83.8 Å². The number of rotatable bonds is 3. The van der Waals surface area contributed by atoms with Crippen LogP contribution in [0.15, 0.2) is 29.5 Å². The number of carbonyl (C=O) groups is 2. The zero-order chi connectivity index (χ0) is 8.69. The van der Waals surface area contributed by atoms with Crippen molar-refractivity contribution < 1.29 is 14.7 Å². The molecule has 0 bridgehead atoms. The van der Waals surface area contributed by atoms with Crippen molar-refractivity contribution in [2.24, 2.45) is 5.18 Å². The first-order valence-electron chi connectivity index (χ1n) is 2.62. The van der Waals surface area contributed by atoms with Crippen LogP contribution < -0.4 is 0 Å². The van der Waals surface area contributed by atoms with E-state index in [1.807, 2.05) is 5.18 Å². The fourth-order valence-corrected chi connectivity index (χ4v) is 0.306. The smallest absolute Gasteiger partial charge is 0.328 e. The average molecular weight is 155 g/mol.